The van der Waals surface area contributed by atoms with Gasteiger partial charge in [-0.1, -0.05) is 13.8 Å². The van der Waals surface area contributed by atoms with E-state index in [0.29, 0.717) is 5.70 Å². The van der Waals surface area contributed by atoms with E-state index in [1.165, 1.54) is 17.3 Å². The Morgan fingerprint density at radius 3 is 2.50 bits per heavy atom. The lowest BCUT2D eigenvalue weighted by Gasteiger charge is -2.25. The summed E-state index contributed by atoms with van der Waals surface area (Å²) < 4.78 is 0.817. The normalized spacial score (nSPS) is 17.8. The number of nitrogens with zero attached hydrogens (tertiary/aromatic N) is 4. The second-order valence-electron chi connectivity index (χ2n) is 5.68. The number of hydrogen-bond acceptors (Lipinski definition) is 7. The molecule has 9 heteroatoms. The number of carbonyl (C=O) groups is 3. The Bertz CT molecular complexity index is 742. The molecule has 0 aliphatic carbocycles. The zero-order chi connectivity index (χ0) is 18.7. The van der Waals surface area contributed by atoms with E-state index in [9.17, 15) is 14.4 Å². The zero-order valence-corrected chi connectivity index (χ0v) is 16.3. The predicted octanol–water partition coefficient (Wildman–Crippen LogP) is 2.43. The Labute approximate surface area is 160 Å². The summed E-state index contributed by atoms with van der Waals surface area (Å²) in [6.07, 6.45) is 2.90. The number of pyridine rings is 1. The first kappa shape index (κ1) is 18.9. The number of urea groups is 1. The van der Waals surface area contributed by atoms with E-state index in [2.05, 4.69) is 4.98 Å². The Balaban J connectivity index is 1.98. The molecule has 0 aromatic carbocycles. The lowest BCUT2D eigenvalue weighted by molar-refractivity contribution is -0.121. The average Bonchev–Trinajstić information content (AvgIpc) is 3.26. The monoisotopic (exact) mass is 392 g/mol. The van der Waals surface area contributed by atoms with Gasteiger partial charge in [-0.15, -0.1) is 23.5 Å². The average molecular weight is 393 g/mol. The van der Waals surface area contributed by atoms with Crippen LogP contribution < -0.4 is 0 Å². The molecule has 0 unspecified atom stereocenters. The minimum absolute atomic E-state index is 0.218. The van der Waals surface area contributed by atoms with Crippen molar-refractivity contribution in [2.24, 2.45) is 0 Å². The van der Waals surface area contributed by atoms with E-state index in [1.54, 1.807) is 35.7 Å². The van der Waals surface area contributed by atoms with E-state index < -0.39 is 17.8 Å². The number of carbonyl (C=O) groups excluding carboxylic acids is 3. The molecule has 0 bridgehead atoms. The number of imide groups is 3. The first-order chi connectivity index (χ1) is 12.6. The highest BCUT2D eigenvalue weighted by Gasteiger charge is 2.47. The van der Waals surface area contributed by atoms with Crippen LogP contribution in [0, 0.1) is 0 Å². The van der Waals surface area contributed by atoms with Crippen LogP contribution in [0.4, 0.5) is 4.79 Å². The summed E-state index contributed by atoms with van der Waals surface area (Å²) in [7, 11) is 0. The van der Waals surface area contributed by atoms with Gasteiger partial charge < -0.3 is 0 Å². The van der Waals surface area contributed by atoms with Crippen molar-refractivity contribution >= 4 is 41.4 Å². The molecule has 1 aromatic rings. The largest absolute Gasteiger partial charge is 0.340 e. The Morgan fingerprint density at radius 1 is 1.23 bits per heavy atom. The van der Waals surface area contributed by atoms with E-state index in [-0.39, 0.29) is 12.2 Å². The highest BCUT2D eigenvalue weighted by molar-refractivity contribution is 8.25. The van der Waals surface area contributed by atoms with Crippen LogP contribution in [0.2, 0.25) is 0 Å². The van der Waals surface area contributed by atoms with Gasteiger partial charge in [-0.2, -0.15) is 4.90 Å². The maximum atomic E-state index is 13.0. The van der Waals surface area contributed by atoms with Crippen molar-refractivity contribution in [3.05, 3.63) is 40.0 Å². The zero-order valence-electron chi connectivity index (χ0n) is 14.7. The molecule has 0 spiro atoms. The van der Waals surface area contributed by atoms with Crippen LogP contribution in [0.25, 0.3) is 0 Å². The third kappa shape index (κ3) is 3.51. The molecule has 26 heavy (non-hydrogen) atoms. The molecule has 0 saturated carbocycles. The minimum Gasteiger partial charge on any atom is -0.286 e. The molecule has 3 rings (SSSR count). The van der Waals surface area contributed by atoms with Crippen LogP contribution in [0.1, 0.15) is 24.2 Å². The van der Waals surface area contributed by atoms with Crippen LogP contribution in [0.5, 0.6) is 0 Å². The maximum absolute atomic E-state index is 13.0. The molecule has 0 N–H and O–H groups in total. The topological polar surface area (TPSA) is 73.8 Å². The molecule has 0 radical (unpaired) electrons. The molecular weight excluding hydrogens is 372 g/mol. The third-order valence-corrected chi connectivity index (χ3v) is 6.88. The Morgan fingerprint density at radius 2 is 1.92 bits per heavy atom. The van der Waals surface area contributed by atoms with Gasteiger partial charge in [0.2, 0.25) is 0 Å². The second-order valence-corrected chi connectivity index (χ2v) is 8.14. The molecule has 0 atom stereocenters. The molecule has 7 nitrogen and oxygen atoms in total. The SMILES string of the molecule is CCN(CC)CN1C(=O)N(C(=O)c2cccnc2)C(=O)C1=C1SCCS1. The lowest BCUT2D eigenvalue weighted by Crippen LogP contribution is -2.42. The van der Waals surface area contributed by atoms with Gasteiger partial charge in [-0.25, -0.2) is 4.79 Å². The van der Waals surface area contributed by atoms with Crippen LogP contribution in [-0.2, 0) is 4.79 Å². The van der Waals surface area contributed by atoms with Crippen LogP contribution in [0.15, 0.2) is 34.5 Å². The fraction of sp³-hybridized carbons (Fsp3) is 0.412. The Kier molecular flexibility index (Phi) is 6.00. The Hall–Kier alpha value is -1.84. The first-order valence-electron chi connectivity index (χ1n) is 8.41. The van der Waals surface area contributed by atoms with Crippen molar-refractivity contribution in [2.45, 2.75) is 13.8 Å². The summed E-state index contributed by atoms with van der Waals surface area (Å²) in [4.78, 5) is 46.9. The van der Waals surface area contributed by atoms with Crippen molar-refractivity contribution < 1.29 is 14.4 Å². The smallest absolute Gasteiger partial charge is 0.286 e. The summed E-state index contributed by atoms with van der Waals surface area (Å²) in [6, 6.07) is 2.56. The number of thioether (sulfide) groups is 2. The summed E-state index contributed by atoms with van der Waals surface area (Å²) in [6.45, 7) is 5.77. The van der Waals surface area contributed by atoms with Gasteiger partial charge in [0.15, 0.2) is 0 Å². The van der Waals surface area contributed by atoms with Gasteiger partial charge >= 0.3 is 6.03 Å². The fourth-order valence-corrected chi connectivity index (χ4v) is 5.26. The number of rotatable bonds is 5. The van der Waals surface area contributed by atoms with Crippen molar-refractivity contribution in [3.63, 3.8) is 0 Å². The third-order valence-electron chi connectivity index (χ3n) is 4.19. The van der Waals surface area contributed by atoms with Gasteiger partial charge in [-0.3, -0.25) is 24.4 Å². The minimum atomic E-state index is -0.638. The van der Waals surface area contributed by atoms with E-state index >= 15 is 0 Å². The molecule has 4 amide bonds. The summed E-state index contributed by atoms with van der Waals surface area (Å²) in [5.74, 6) is 0.593. The first-order valence-corrected chi connectivity index (χ1v) is 10.4. The molecule has 138 valence electrons. The van der Waals surface area contributed by atoms with E-state index in [1.807, 2.05) is 18.7 Å². The number of hydrogen-bond donors (Lipinski definition) is 0. The van der Waals surface area contributed by atoms with Gasteiger partial charge in [0.1, 0.15) is 5.70 Å². The molecule has 3 heterocycles. The molecule has 2 saturated heterocycles. The maximum Gasteiger partial charge on any atom is 0.340 e. The number of amides is 4. The fourth-order valence-electron chi connectivity index (χ4n) is 2.72. The van der Waals surface area contributed by atoms with Gasteiger partial charge in [0, 0.05) is 23.9 Å². The van der Waals surface area contributed by atoms with Gasteiger partial charge in [0.05, 0.1) is 16.5 Å². The number of aromatic nitrogens is 1. The molecule has 2 fully saturated rings. The summed E-state index contributed by atoms with van der Waals surface area (Å²) in [5, 5.41) is 0. The standard InChI is InChI=1S/C17H20N4O3S2/c1-3-19(4-2)11-20-13(16-25-8-9-26-16)15(23)21(17(20)24)14(22)12-6-5-7-18-10-12/h5-7,10H,3-4,8-9,11H2,1-2H3. The molecule has 2 aliphatic heterocycles. The highest BCUT2D eigenvalue weighted by Crippen LogP contribution is 2.42. The molecule has 2 aliphatic rings. The molecular formula is C17H20N4O3S2. The van der Waals surface area contributed by atoms with Crippen LogP contribution in [-0.4, -0.2) is 68.8 Å². The highest BCUT2D eigenvalue weighted by atomic mass is 32.2. The molecule has 1 aromatic heterocycles. The van der Waals surface area contributed by atoms with Gasteiger partial charge in [-0.05, 0) is 25.2 Å². The van der Waals surface area contributed by atoms with Crippen LogP contribution >= 0.6 is 23.5 Å². The summed E-state index contributed by atoms with van der Waals surface area (Å²) in [5.41, 5.74) is 0.543. The van der Waals surface area contributed by atoms with Crippen molar-refractivity contribution in [1.82, 2.24) is 19.7 Å². The van der Waals surface area contributed by atoms with Crippen molar-refractivity contribution in [2.75, 3.05) is 31.3 Å². The van der Waals surface area contributed by atoms with Crippen molar-refractivity contribution in [3.8, 4) is 0 Å². The predicted molar refractivity (Wildman–Crippen MR) is 102 cm³/mol. The van der Waals surface area contributed by atoms with Crippen molar-refractivity contribution in [1.29, 1.82) is 0 Å². The van der Waals surface area contributed by atoms with Crippen LogP contribution in [0.3, 0.4) is 0 Å². The van der Waals surface area contributed by atoms with E-state index in [0.717, 1.165) is 33.7 Å². The quantitative estimate of drug-likeness (QED) is 0.433. The van der Waals surface area contributed by atoms with E-state index in [4.69, 9.17) is 0 Å². The van der Waals surface area contributed by atoms with Gasteiger partial charge in [0.25, 0.3) is 11.8 Å². The lowest BCUT2D eigenvalue weighted by atomic mass is 10.2. The summed E-state index contributed by atoms with van der Waals surface area (Å²) >= 11 is 3.12. The second kappa shape index (κ2) is 8.24.